The number of halogens is 1. The van der Waals surface area contributed by atoms with Gasteiger partial charge in [0.2, 0.25) is 0 Å². The van der Waals surface area contributed by atoms with Gasteiger partial charge in [-0.05, 0) is 69.1 Å². The molecule has 0 bridgehead atoms. The molecule has 0 N–H and O–H groups in total. The van der Waals surface area contributed by atoms with Gasteiger partial charge in [-0.15, -0.1) is 0 Å². The summed E-state index contributed by atoms with van der Waals surface area (Å²) >= 11 is 0. The van der Waals surface area contributed by atoms with Gasteiger partial charge in [0.1, 0.15) is 5.82 Å². The average Bonchev–Trinajstić information content (AvgIpc) is 3.30. The number of ether oxygens (including phenoxy) is 2. The molecule has 1 aliphatic heterocycles. The molecular formula is C28H35FN2O4. The summed E-state index contributed by atoms with van der Waals surface area (Å²) in [5.41, 5.74) is 2.14. The lowest BCUT2D eigenvalue weighted by Crippen LogP contribution is -2.34. The van der Waals surface area contributed by atoms with Gasteiger partial charge >= 0.3 is 0 Å². The van der Waals surface area contributed by atoms with E-state index in [4.69, 9.17) is 14.0 Å². The molecule has 0 spiro atoms. The molecule has 1 fully saturated rings. The predicted molar refractivity (Wildman–Crippen MR) is 134 cm³/mol. The molecule has 0 unspecified atom stereocenters. The highest BCUT2D eigenvalue weighted by Crippen LogP contribution is 2.33. The first-order valence-corrected chi connectivity index (χ1v) is 12.7. The molecule has 0 atom stereocenters. The van der Waals surface area contributed by atoms with Crippen molar-refractivity contribution in [2.45, 2.75) is 57.8 Å². The van der Waals surface area contributed by atoms with Crippen molar-refractivity contribution in [1.29, 1.82) is 0 Å². The number of carbonyl (C=O) groups excluding carboxylic acids is 1. The summed E-state index contributed by atoms with van der Waals surface area (Å²) < 4.78 is 30.2. The van der Waals surface area contributed by atoms with Crippen molar-refractivity contribution in [3.8, 4) is 11.5 Å². The van der Waals surface area contributed by atoms with Crippen LogP contribution in [0.15, 0.2) is 40.9 Å². The molecule has 0 amide bonds. The van der Waals surface area contributed by atoms with Gasteiger partial charge in [-0.2, -0.15) is 0 Å². The van der Waals surface area contributed by atoms with Crippen molar-refractivity contribution < 1.29 is 23.2 Å². The first-order valence-electron chi connectivity index (χ1n) is 12.7. The lowest BCUT2D eigenvalue weighted by Gasteiger charge is -2.31. The van der Waals surface area contributed by atoms with E-state index in [0.29, 0.717) is 41.6 Å². The molecule has 4 rings (SSSR count). The maximum absolute atomic E-state index is 13.4. The maximum atomic E-state index is 13.4. The van der Waals surface area contributed by atoms with Crippen LogP contribution in [0.25, 0.3) is 11.0 Å². The summed E-state index contributed by atoms with van der Waals surface area (Å²) in [5.74, 6) is 1.46. The number of rotatable bonds is 12. The van der Waals surface area contributed by atoms with Crippen LogP contribution in [0.1, 0.15) is 73.8 Å². The van der Waals surface area contributed by atoms with Gasteiger partial charge in [-0.25, -0.2) is 4.39 Å². The Kier molecular flexibility index (Phi) is 8.74. The second kappa shape index (κ2) is 12.2. The van der Waals surface area contributed by atoms with Crippen LogP contribution in [-0.4, -0.2) is 49.2 Å². The van der Waals surface area contributed by atoms with Crippen LogP contribution in [-0.2, 0) is 0 Å². The zero-order valence-corrected chi connectivity index (χ0v) is 20.7. The number of hydrogen-bond donors (Lipinski definition) is 0. The zero-order valence-electron chi connectivity index (χ0n) is 20.7. The third-order valence-corrected chi connectivity index (χ3v) is 6.81. The summed E-state index contributed by atoms with van der Waals surface area (Å²) in [4.78, 5) is 14.8. The highest BCUT2D eigenvalue weighted by atomic mass is 19.1. The molecule has 3 aromatic rings. The molecule has 7 heteroatoms. The van der Waals surface area contributed by atoms with E-state index >= 15 is 0 Å². The van der Waals surface area contributed by atoms with E-state index in [-0.39, 0.29) is 11.6 Å². The molecule has 1 aliphatic rings. The number of unbranched alkanes of at least 4 members (excludes halogenated alkanes) is 2. The average molecular weight is 483 g/mol. The van der Waals surface area contributed by atoms with Crippen LogP contribution in [0, 0.1) is 5.82 Å². The SMILES string of the molecule is CCCCCC(=O)c1ccc(OCCCN2CCC(c3noc4cc(F)ccc34)CC2)c(OC)c1. The highest BCUT2D eigenvalue weighted by Gasteiger charge is 2.25. The Morgan fingerprint density at radius 1 is 1.11 bits per heavy atom. The summed E-state index contributed by atoms with van der Waals surface area (Å²) in [6.45, 7) is 5.64. The first-order chi connectivity index (χ1) is 17.1. The summed E-state index contributed by atoms with van der Waals surface area (Å²) in [6, 6.07) is 10.1. The lowest BCUT2D eigenvalue weighted by atomic mass is 9.91. The number of benzene rings is 2. The summed E-state index contributed by atoms with van der Waals surface area (Å²) in [7, 11) is 1.60. The molecule has 35 heavy (non-hydrogen) atoms. The van der Waals surface area contributed by atoms with E-state index in [1.165, 1.54) is 12.1 Å². The number of likely N-dealkylation sites (tertiary alicyclic amines) is 1. The second-order valence-corrected chi connectivity index (χ2v) is 9.27. The van der Waals surface area contributed by atoms with E-state index < -0.39 is 0 Å². The minimum absolute atomic E-state index is 0.150. The van der Waals surface area contributed by atoms with Crippen LogP contribution in [0.3, 0.4) is 0 Å². The highest BCUT2D eigenvalue weighted by molar-refractivity contribution is 5.96. The smallest absolute Gasteiger partial charge is 0.170 e. The molecule has 6 nitrogen and oxygen atoms in total. The number of carbonyl (C=O) groups is 1. The van der Waals surface area contributed by atoms with Crippen molar-refractivity contribution in [3.63, 3.8) is 0 Å². The Morgan fingerprint density at radius 3 is 2.71 bits per heavy atom. The Morgan fingerprint density at radius 2 is 1.94 bits per heavy atom. The summed E-state index contributed by atoms with van der Waals surface area (Å²) in [6.07, 6.45) is 6.56. The van der Waals surface area contributed by atoms with Gasteiger partial charge in [0.15, 0.2) is 22.9 Å². The number of piperidine rings is 1. The molecule has 0 radical (unpaired) electrons. The van der Waals surface area contributed by atoms with Gasteiger partial charge in [-0.3, -0.25) is 4.79 Å². The van der Waals surface area contributed by atoms with Crippen molar-refractivity contribution in [3.05, 3.63) is 53.5 Å². The van der Waals surface area contributed by atoms with Gasteiger partial charge in [0.05, 0.1) is 19.4 Å². The number of methoxy groups -OCH3 is 1. The molecule has 2 heterocycles. The van der Waals surface area contributed by atoms with E-state index in [1.807, 2.05) is 12.1 Å². The molecule has 1 saturated heterocycles. The Balaban J connectivity index is 1.21. The summed E-state index contributed by atoms with van der Waals surface area (Å²) in [5, 5.41) is 5.15. The van der Waals surface area contributed by atoms with Crippen LogP contribution >= 0.6 is 0 Å². The normalized spacial score (nSPS) is 14.9. The topological polar surface area (TPSA) is 64.8 Å². The Labute approximate surface area is 206 Å². The number of fused-ring (bicyclic) bond motifs is 1. The monoisotopic (exact) mass is 482 g/mol. The van der Waals surface area contributed by atoms with E-state index in [0.717, 1.165) is 69.2 Å². The van der Waals surface area contributed by atoms with Crippen molar-refractivity contribution in [2.24, 2.45) is 0 Å². The molecule has 0 aliphatic carbocycles. The first kappa shape index (κ1) is 25.2. The number of aromatic nitrogens is 1. The standard InChI is InChI=1S/C28H35FN2O4/c1-3-4-5-7-24(32)21-8-11-25(27(18-21)33-2)34-17-6-14-31-15-12-20(13-16-31)28-23-10-9-22(29)19-26(23)35-30-28/h8-11,18-20H,3-7,12-17H2,1-2H3. The van der Waals surface area contributed by atoms with E-state index in [9.17, 15) is 9.18 Å². The van der Waals surface area contributed by atoms with E-state index in [2.05, 4.69) is 17.0 Å². The lowest BCUT2D eigenvalue weighted by molar-refractivity contribution is 0.0979. The van der Waals surface area contributed by atoms with Crippen LogP contribution < -0.4 is 9.47 Å². The number of hydrogen-bond acceptors (Lipinski definition) is 6. The van der Waals surface area contributed by atoms with Crippen molar-refractivity contribution in [2.75, 3.05) is 33.4 Å². The number of nitrogens with zero attached hydrogens (tertiary/aromatic N) is 2. The van der Waals surface area contributed by atoms with Crippen LogP contribution in [0.5, 0.6) is 11.5 Å². The second-order valence-electron chi connectivity index (χ2n) is 9.27. The fourth-order valence-electron chi connectivity index (χ4n) is 4.77. The van der Waals surface area contributed by atoms with E-state index in [1.54, 1.807) is 19.2 Å². The third kappa shape index (κ3) is 6.40. The van der Waals surface area contributed by atoms with Gasteiger partial charge in [0, 0.05) is 35.9 Å². The predicted octanol–water partition coefficient (Wildman–Crippen LogP) is 6.39. The van der Waals surface area contributed by atoms with Gasteiger partial charge in [0.25, 0.3) is 0 Å². The van der Waals surface area contributed by atoms with Crippen LogP contribution in [0.2, 0.25) is 0 Å². The number of ketones is 1. The molecule has 188 valence electrons. The fourth-order valence-corrected chi connectivity index (χ4v) is 4.77. The molecular weight excluding hydrogens is 447 g/mol. The van der Waals surface area contributed by atoms with Crippen molar-refractivity contribution in [1.82, 2.24) is 10.1 Å². The minimum atomic E-state index is -0.304. The van der Waals surface area contributed by atoms with Crippen LogP contribution in [0.4, 0.5) is 4.39 Å². The zero-order chi connectivity index (χ0) is 24.6. The minimum Gasteiger partial charge on any atom is -0.493 e. The Hall–Kier alpha value is -2.93. The molecule has 1 aromatic heterocycles. The Bertz CT molecular complexity index is 1120. The fraction of sp³-hybridized carbons (Fsp3) is 0.500. The van der Waals surface area contributed by atoms with Gasteiger partial charge in [-0.1, -0.05) is 24.9 Å². The molecule has 0 saturated carbocycles. The van der Waals surface area contributed by atoms with Crippen molar-refractivity contribution >= 4 is 16.8 Å². The number of Topliss-reactive ketones (excluding diaryl/α,β-unsaturated/α-hetero) is 1. The maximum Gasteiger partial charge on any atom is 0.170 e. The quantitative estimate of drug-likeness (QED) is 0.220. The van der Waals surface area contributed by atoms with Gasteiger partial charge < -0.3 is 18.9 Å². The molecule has 2 aromatic carbocycles. The third-order valence-electron chi connectivity index (χ3n) is 6.81. The largest absolute Gasteiger partial charge is 0.493 e.